The van der Waals surface area contributed by atoms with Crippen molar-refractivity contribution in [2.24, 2.45) is 5.92 Å². The van der Waals surface area contributed by atoms with Crippen LogP contribution >= 0.6 is 22.9 Å². The Kier molecular flexibility index (Phi) is 4.80. The van der Waals surface area contributed by atoms with Crippen molar-refractivity contribution in [3.8, 4) is 0 Å². The highest BCUT2D eigenvalue weighted by Crippen LogP contribution is 2.27. The summed E-state index contributed by atoms with van der Waals surface area (Å²) in [6, 6.07) is 9.21. The second-order valence-corrected chi connectivity index (χ2v) is 8.24. The van der Waals surface area contributed by atoms with E-state index in [0.29, 0.717) is 0 Å². The number of nitrogens with zero attached hydrogens (tertiary/aromatic N) is 1. The van der Waals surface area contributed by atoms with Crippen molar-refractivity contribution < 1.29 is 8.42 Å². The van der Waals surface area contributed by atoms with E-state index >= 15 is 0 Å². The molecule has 0 aliphatic carbocycles. The zero-order chi connectivity index (χ0) is 14.8. The van der Waals surface area contributed by atoms with Gasteiger partial charge in [-0.15, -0.1) is 0 Å². The molecular weight excluding hydrogens is 316 g/mol. The molecule has 0 spiro atoms. The Labute approximate surface area is 127 Å². The summed E-state index contributed by atoms with van der Waals surface area (Å²) in [5, 5.41) is 0. The lowest BCUT2D eigenvalue weighted by atomic mass is 9.97. The number of halogens is 1. The van der Waals surface area contributed by atoms with Gasteiger partial charge >= 0.3 is 0 Å². The smallest absolute Gasteiger partial charge is 0.232 e. The van der Waals surface area contributed by atoms with Crippen molar-refractivity contribution in [1.29, 1.82) is 0 Å². The highest BCUT2D eigenvalue weighted by Gasteiger charge is 2.25. The van der Waals surface area contributed by atoms with Gasteiger partial charge in [-0.2, -0.15) is 0 Å². The van der Waals surface area contributed by atoms with Crippen molar-refractivity contribution in [1.82, 2.24) is 9.71 Å². The molecule has 0 radical (unpaired) electrons. The van der Waals surface area contributed by atoms with Gasteiger partial charge in [-0.05, 0) is 11.5 Å². The van der Waals surface area contributed by atoms with Gasteiger partial charge in [-0.3, -0.25) is 0 Å². The van der Waals surface area contributed by atoms with E-state index in [-0.39, 0.29) is 20.6 Å². The fourth-order valence-corrected chi connectivity index (χ4v) is 4.52. The van der Waals surface area contributed by atoms with Crippen LogP contribution in [0.25, 0.3) is 0 Å². The lowest BCUT2D eigenvalue weighted by Gasteiger charge is -2.22. The first-order chi connectivity index (χ1) is 9.40. The number of sulfonamides is 1. The van der Waals surface area contributed by atoms with Crippen molar-refractivity contribution in [3.63, 3.8) is 0 Å². The van der Waals surface area contributed by atoms with E-state index in [0.717, 1.165) is 16.9 Å². The highest BCUT2D eigenvalue weighted by atomic mass is 35.5. The number of thiazole rings is 1. The molecule has 1 N–H and O–H groups in total. The second kappa shape index (κ2) is 6.22. The molecule has 0 aliphatic rings. The molecule has 4 nitrogen and oxygen atoms in total. The molecule has 0 amide bonds. The lowest BCUT2D eigenvalue weighted by Crippen LogP contribution is -2.31. The second-order valence-electron chi connectivity index (χ2n) is 4.69. The van der Waals surface area contributed by atoms with E-state index in [2.05, 4.69) is 9.71 Å². The lowest BCUT2D eigenvalue weighted by molar-refractivity contribution is 0.463. The Morgan fingerprint density at radius 3 is 2.40 bits per heavy atom. The Morgan fingerprint density at radius 2 is 1.90 bits per heavy atom. The minimum absolute atomic E-state index is 0.121. The summed E-state index contributed by atoms with van der Waals surface area (Å²) in [6.07, 6.45) is 1.28. The molecule has 2 rings (SSSR count). The quantitative estimate of drug-likeness (QED) is 0.913. The number of hydrogen-bond acceptors (Lipinski definition) is 4. The van der Waals surface area contributed by atoms with E-state index < -0.39 is 10.0 Å². The van der Waals surface area contributed by atoms with Gasteiger partial charge < -0.3 is 0 Å². The van der Waals surface area contributed by atoms with Crippen LogP contribution in [0.1, 0.15) is 25.5 Å². The molecule has 1 aromatic carbocycles. The van der Waals surface area contributed by atoms with Gasteiger partial charge in [0.2, 0.25) is 0 Å². The van der Waals surface area contributed by atoms with Crippen LogP contribution in [0.2, 0.25) is 4.47 Å². The first-order valence-corrected chi connectivity index (χ1v) is 8.76. The average Bonchev–Trinajstić information content (AvgIpc) is 2.84. The molecule has 1 atom stereocenters. The summed E-state index contributed by atoms with van der Waals surface area (Å²) in [7, 11) is -3.61. The topological polar surface area (TPSA) is 59.1 Å². The Balaban J connectivity index is 2.29. The third-order valence-electron chi connectivity index (χ3n) is 2.83. The first-order valence-electron chi connectivity index (χ1n) is 6.09. The predicted octanol–water partition coefficient (Wildman–Crippen LogP) is 3.47. The fourth-order valence-electron chi connectivity index (χ4n) is 1.84. The van der Waals surface area contributed by atoms with E-state index in [1.807, 2.05) is 44.2 Å². The molecule has 0 saturated heterocycles. The van der Waals surface area contributed by atoms with Crippen LogP contribution in [-0.4, -0.2) is 13.4 Å². The van der Waals surface area contributed by atoms with Gasteiger partial charge in [-0.25, -0.2) is 18.1 Å². The number of nitrogens with one attached hydrogen (secondary N) is 1. The van der Waals surface area contributed by atoms with Crippen LogP contribution in [0.4, 0.5) is 0 Å². The largest absolute Gasteiger partial charge is 0.252 e. The van der Waals surface area contributed by atoms with Crippen molar-refractivity contribution in [3.05, 3.63) is 46.6 Å². The maximum Gasteiger partial charge on any atom is 0.252 e. The molecule has 0 bridgehead atoms. The summed E-state index contributed by atoms with van der Waals surface area (Å²) in [5.41, 5.74) is 0.932. The number of rotatable bonds is 5. The van der Waals surface area contributed by atoms with Crippen LogP contribution in [0.3, 0.4) is 0 Å². The zero-order valence-electron chi connectivity index (χ0n) is 11.1. The summed E-state index contributed by atoms with van der Waals surface area (Å²) in [5.74, 6) is 0.121. The molecule has 20 heavy (non-hydrogen) atoms. The van der Waals surface area contributed by atoms with Gasteiger partial charge in [0, 0.05) is 6.04 Å². The number of benzene rings is 1. The van der Waals surface area contributed by atoms with Crippen molar-refractivity contribution in [2.45, 2.75) is 24.1 Å². The molecule has 0 saturated carbocycles. The molecule has 1 heterocycles. The summed E-state index contributed by atoms with van der Waals surface area (Å²) >= 11 is 6.65. The minimum Gasteiger partial charge on any atom is -0.232 e. The van der Waals surface area contributed by atoms with Gasteiger partial charge in [0.25, 0.3) is 10.0 Å². The third kappa shape index (κ3) is 3.58. The van der Waals surface area contributed by atoms with Crippen molar-refractivity contribution in [2.75, 3.05) is 0 Å². The Bertz CT molecular complexity index is 669. The zero-order valence-corrected chi connectivity index (χ0v) is 13.5. The third-order valence-corrected chi connectivity index (χ3v) is 5.85. The van der Waals surface area contributed by atoms with Crippen LogP contribution in [0.15, 0.2) is 40.7 Å². The summed E-state index contributed by atoms with van der Waals surface area (Å²) in [6.45, 7) is 3.94. The molecular formula is C13H15ClN2O2S2. The van der Waals surface area contributed by atoms with Gasteiger partial charge in [-0.1, -0.05) is 67.1 Å². The average molecular weight is 331 g/mol. The number of aromatic nitrogens is 1. The minimum atomic E-state index is -3.61. The normalized spacial score (nSPS) is 13.6. The van der Waals surface area contributed by atoms with Crippen LogP contribution in [-0.2, 0) is 10.0 Å². The van der Waals surface area contributed by atoms with Gasteiger partial charge in [0.05, 0.1) is 6.20 Å². The van der Waals surface area contributed by atoms with E-state index in [9.17, 15) is 8.42 Å². The first kappa shape index (κ1) is 15.4. The molecule has 2 aromatic rings. The predicted molar refractivity (Wildman–Crippen MR) is 81.5 cm³/mol. The van der Waals surface area contributed by atoms with E-state index in [1.54, 1.807) is 0 Å². The van der Waals surface area contributed by atoms with Crippen LogP contribution in [0, 0.1) is 5.92 Å². The van der Waals surface area contributed by atoms with Gasteiger partial charge in [0.1, 0.15) is 0 Å². The summed E-state index contributed by atoms with van der Waals surface area (Å²) in [4.78, 5) is 3.77. The van der Waals surface area contributed by atoms with E-state index in [1.165, 1.54) is 6.20 Å². The van der Waals surface area contributed by atoms with Crippen LogP contribution in [0.5, 0.6) is 0 Å². The molecule has 1 aromatic heterocycles. The number of hydrogen-bond donors (Lipinski definition) is 1. The molecule has 7 heteroatoms. The maximum absolute atomic E-state index is 12.3. The summed E-state index contributed by atoms with van der Waals surface area (Å²) < 4.78 is 27.7. The Morgan fingerprint density at radius 1 is 1.25 bits per heavy atom. The SMILES string of the molecule is CC(C)C(NS(=O)(=O)c1cnc(Cl)s1)c1ccccc1. The molecule has 0 aliphatic heterocycles. The fraction of sp³-hybridized carbons (Fsp3) is 0.308. The highest BCUT2D eigenvalue weighted by molar-refractivity contribution is 7.91. The molecule has 1 unspecified atom stereocenters. The monoisotopic (exact) mass is 330 g/mol. The Hall–Kier alpha value is -0.950. The molecule has 0 fully saturated rings. The maximum atomic E-state index is 12.3. The van der Waals surface area contributed by atoms with Crippen LogP contribution < -0.4 is 4.72 Å². The molecule has 108 valence electrons. The standard InChI is InChI=1S/C13H15ClN2O2S2/c1-9(2)12(10-6-4-3-5-7-10)16-20(17,18)11-8-15-13(14)19-11/h3-9,12,16H,1-2H3. The van der Waals surface area contributed by atoms with E-state index in [4.69, 9.17) is 11.6 Å². The van der Waals surface area contributed by atoms with Crippen molar-refractivity contribution >= 4 is 33.0 Å². The van der Waals surface area contributed by atoms with Gasteiger partial charge in [0.15, 0.2) is 8.68 Å².